The van der Waals surface area contributed by atoms with E-state index in [-0.39, 0.29) is 22.6 Å². The fraction of sp³-hybridized carbons (Fsp3) is 0.444. The number of nitrogens with zero attached hydrogens (tertiary/aromatic N) is 1. The predicted octanol–water partition coefficient (Wildman–Crippen LogP) is -0.683. The van der Waals surface area contributed by atoms with Gasteiger partial charge in [0.05, 0.1) is 12.3 Å². The molecule has 120 valence electrons. The van der Waals surface area contributed by atoms with E-state index in [1.54, 1.807) is 0 Å². The molecule has 0 saturated carbocycles. The summed E-state index contributed by atoms with van der Waals surface area (Å²) < 4.78 is 22.2. The average molecular weight is 342 g/mol. The van der Waals surface area contributed by atoms with E-state index < -0.39 is 33.9 Å². The fourth-order valence-electron chi connectivity index (χ4n) is 1.64. The SMILES string of the molecule is Cc1ncc(CO)c(CNC(P(=O)(O)O)P(=O)(O)O)c1O. The van der Waals surface area contributed by atoms with E-state index in [0.29, 0.717) is 0 Å². The minimum absolute atomic E-state index is 0.0527. The molecular formula is C9H16N2O8P2. The Morgan fingerprint density at radius 1 is 1.24 bits per heavy atom. The Labute approximate surface area is 119 Å². The summed E-state index contributed by atoms with van der Waals surface area (Å²) in [5, 5.41) is 21.0. The van der Waals surface area contributed by atoms with Crippen LogP contribution in [-0.2, 0) is 22.3 Å². The molecule has 0 atom stereocenters. The third-order valence-electron chi connectivity index (χ3n) is 2.70. The lowest BCUT2D eigenvalue weighted by molar-refractivity contribution is 0.278. The standard InChI is InChI=1S/C9H16N2O8P2/c1-5-8(13)7(6(4-12)2-10-5)3-11-9(20(14,15)16)21(17,18)19/h2,9,11-13H,3-4H2,1H3,(H2,14,15,16)(H2,17,18,19). The molecule has 1 aromatic heterocycles. The molecule has 0 aliphatic carbocycles. The number of aliphatic hydroxyl groups excluding tert-OH is 1. The summed E-state index contributed by atoms with van der Waals surface area (Å²) in [6.45, 7) is 0.490. The second-order valence-corrected chi connectivity index (χ2v) is 8.08. The first-order valence-corrected chi connectivity index (χ1v) is 8.95. The van der Waals surface area contributed by atoms with Crippen molar-refractivity contribution in [1.82, 2.24) is 10.3 Å². The molecule has 0 aromatic carbocycles. The Morgan fingerprint density at radius 3 is 2.19 bits per heavy atom. The molecule has 0 aliphatic heterocycles. The van der Waals surface area contributed by atoms with E-state index in [0.717, 1.165) is 0 Å². The van der Waals surface area contributed by atoms with Gasteiger partial charge in [-0.05, 0) is 6.92 Å². The van der Waals surface area contributed by atoms with E-state index in [4.69, 9.17) is 24.7 Å². The maximum Gasteiger partial charge on any atom is 0.354 e. The molecule has 1 rings (SSSR count). The van der Waals surface area contributed by atoms with Gasteiger partial charge in [0.1, 0.15) is 5.75 Å². The highest BCUT2D eigenvalue weighted by atomic mass is 31.2. The molecule has 0 saturated heterocycles. The van der Waals surface area contributed by atoms with Crippen LogP contribution in [0.15, 0.2) is 6.20 Å². The van der Waals surface area contributed by atoms with Gasteiger partial charge in [-0.15, -0.1) is 0 Å². The van der Waals surface area contributed by atoms with Crippen LogP contribution in [0.4, 0.5) is 0 Å². The Balaban J connectivity index is 3.10. The molecule has 0 amide bonds. The third kappa shape index (κ3) is 4.57. The highest BCUT2D eigenvalue weighted by Crippen LogP contribution is 2.58. The topological polar surface area (TPSA) is 180 Å². The number of aromatic nitrogens is 1. The minimum atomic E-state index is -5.12. The maximum absolute atomic E-state index is 11.1. The van der Waals surface area contributed by atoms with Crippen molar-refractivity contribution in [3.8, 4) is 5.75 Å². The second kappa shape index (κ2) is 6.51. The summed E-state index contributed by atoms with van der Waals surface area (Å²) in [6, 6.07) is 0. The number of aryl methyl sites for hydroxylation is 1. The second-order valence-electron chi connectivity index (χ2n) is 4.29. The molecule has 21 heavy (non-hydrogen) atoms. The van der Waals surface area contributed by atoms with Gasteiger partial charge in [0.15, 0.2) is 0 Å². The van der Waals surface area contributed by atoms with Crippen LogP contribution in [0, 0.1) is 6.92 Å². The smallest absolute Gasteiger partial charge is 0.354 e. The number of aliphatic hydroxyl groups is 1. The molecule has 0 unspecified atom stereocenters. The first-order valence-electron chi connectivity index (χ1n) is 5.59. The summed E-state index contributed by atoms with van der Waals surface area (Å²) in [7, 11) is -10.2. The van der Waals surface area contributed by atoms with Crippen LogP contribution >= 0.6 is 15.2 Å². The van der Waals surface area contributed by atoms with Crippen molar-refractivity contribution in [1.29, 1.82) is 0 Å². The summed E-state index contributed by atoms with van der Waals surface area (Å²) in [5.41, 5.74) is -1.98. The first-order chi connectivity index (χ1) is 9.48. The summed E-state index contributed by atoms with van der Waals surface area (Å²) in [6.07, 6.45) is 1.25. The van der Waals surface area contributed by atoms with Gasteiger partial charge < -0.3 is 29.8 Å². The summed E-state index contributed by atoms with van der Waals surface area (Å²) in [4.78, 5) is 39.7. The van der Waals surface area contributed by atoms with Crippen molar-refractivity contribution in [2.45, 2.75) is 25.6 Å². The van der Waals surface area contributed by atoms with Gasteiger partial charge in [0.2, 0.25) is 5.52 Å². The van der Waals surface area contributed by atoms with Gasteiger partial charge in [-0.1, -0.05) is 0 Å². The molecule has 0 fully saturated rings. The number of nitrogens with one attached hydrogen (secondary N) is 1. The number of hydrogen-bond donors (Lipinski definition) is 7. The maximum atomic E-state index is 11.1. The number of pyridine rings is 1. The van der Waals surface area contributed by atoms with E-state index in [1.807, 2.05) is 5.32 Å². The van der Waals surface area contributed by atoms with Crippen LogP contribution < -0.4 is 5.32 Å². The molecule has 0 bridgehead atoms. The molecule has 1 heterocycles. The van der Waals surface area contributed by atoms with Crippen molar-refractivity contribution in [3.05, 3.63) is 23.0 Å². The lowest BCUT2D eigenvalue weighted by atomic mass is 10.1. The van der Waals surface area contributed by atoms with Gasteiger partial charge in [0, 0.05) is 23.9 Å². The zero-order valence-electron chi connectivity index (χ0n) is 10.9. The van der Waals surface area contributed by atoms with Crippen molar-refractivity contribution < 1.29 is 38.9 Å². The highest BCUT2D eigenvalue weighted by molar-refractivity contribution is 7.70. The minimum Gasteiger partial charge on any atom is -0.506 e. The van der Waals surface area contributed by atoms with E-state index >= 15 is 0 Å². The Morgan fingerprint density at radius 2 is 1.76 bits per heavy atom. The molecule has 12 heteroatoms. The van der Waals surface area contributed by atoms with Crippen molar-refractivity contribution in [2.75, 3.05) is 0 Å². The zero-order valence-corrected chi connectivity index (χ0v) is 12.7. The molecule has 1 aromatic rings. The van der Waals surface area contributed by atoms with Crippen LogP contribution in [0.5, 0.6) is 5.75 Å². The number of hydrogen-bond acceptors (Lipinski definition) is 6. The summed E-state index contributed by atoms with van der Waals surface area (Å²) in [5.74, 6) is -0.329. The van der Waals surface area contributed by atoms with E-state index in [2.05, 4.69) is 4.98 Å². The lowest BCUT2D eigenvalue weighted by Crippen LogP contribution is -2.29. The molecule has 0 radical (unpaired) electrons. The molecule has 0 spiro atoms. The Bertz CT molecular complexity index is 588. The van der Waals surface area contributed by atoms with Crippen LogP contribution in [-0.4, -0.2) is 40.3 Å². The molecule has 0 aliphatic rings. The van der Waals surface area contributed by atoms with Gasteiger partial charge in [-0.3, -0.25) is 19.4 Å². The number of rotatable bonds is 6. The lowest BCUT2D eigenvalue weighted by Gasteiger charge is -2.21. The Kier molecular flexibility index (Phi) is 5.65. The van der Waals surface area contributed by atoms with Gasteiger partial charge in [-0.25, -0.2) is 0 Å². The predicted molar refractivity (Wildman–Crippen MR) is 71.3 cm³/mol. The average Bonchev–Trinajstić information content (AvgIpc) is 2.31. The van der Waals surface area contributed by atoms with Crippen molar-refractivity contribution >= 4 is 15.2 Å². The fourth-order valence-corrected chi connectivity index (χ4v) is 3.87. The summed E-state index contributed by atoms with van der Waals surface area (Å²) >= 11 is 0. The van der Waals surface area contributed by atoms with Crippen LogP contribution in [0.2, 0.25) is 0 Å². The highest BCUT2D eigenvalue weighted by Gasteiger charge is 2.43. The molecule has 7 N–H and O–H groups in total. The van der Waals surface area contributed by atoms with Gasteiger partial charge in [-0.2, -0.15) is 0 Å². The molecular weight excluding hydrogens is 326 g/mol. The molecule has 10 nitrogen and oxygen atoms in total. The van der Waals surface area contributed by atoms with Gasteiger partial charge in [0.25, 0.3) is 0 Å². The quantitative estimate of drug-likeness (QED) is 0.327. The largest absolute Gasteiger partial charge is 0.506 e. The van der Waals surface area contributed by atoms with E-state index in [9.17, 15) is 14.2 Å². The van der Waals surface area contributed by atoms with Crippen LogP contribution in [0.25, 0.3) is 0 Å². The Hall–Kier alpha value is -0.830. The van der Waals surface area contributed by atoms with Crippen LogP contribution in [0.1, 0.15) is 16.8 Å². The van der Waals surface area contributed by atoms with Crippen LogP contribution in [0.3, 0.4) is 0 Å². The normalized spacial score (nSPS) is 12.9. The van der Waals surface area contributed by atoms with E-state index in [1.165, 1.54) is 13.1 Å². The number of aromatic hydroxyl groups is 1. The first kappa shape index (κ1) is 18.2. The third-order valence-corrected chi connectivity index (χ3v) is 6.14. The van der Waals surface area contributed by atoms with Crippen molar-refractivity contribution in [3.63, 3.8) is 0 Å². The van der Waals surface area contributed by atoms with Crippen molar-refractivity contribution in [2.24, 2.45) is 0 Å². The zero-order chi connectivity index (χ0) is 16.4. The van der Waals surface area contributed by atoms with Gasteiger partial charge >= 0.3 is 15.2 Å². The monoisotopic (exact) mass is 342 g/mol.